The number of hydrogen-bond donors (Lipinski definition) is 1. The zero-order chi connectivity index (χ0) is 18.2. The summed E-state index contributed by atoms with van der Waals surface area (Å²) in [7, 11) is 0. The van der Waals surface area contributed by atoms with Gasteiger partial charge in [-0.1, -0.05) is 12.1 Å². The van der Waals surface area contributed by atoms with Crippen molar-refractivity contribution in [2.24, 2.45) is 0 Å². The Balaban J connectivity index is 1.68. The van der Waals surface area contributed by atoms with Gasteiger partial charge in [0.25, 0.3) is 11.6 Å². The Bertz CT molecular complexity index is 744. The Labute approximate surface area is 145 Å². The molecule has 0 unspecified atom stereocenters. The normalized spacial score (nSPS) is 10.2. The van der Waals surface area contributed by atoms with Crippen LogP contribution in [0.3, 0.4) is 0 Å². The molecule has 2 rings (SSSR count). The molecule has 25 heavy (non-hydrogen) atoms. The highest BCUT2D eigenvalue weighted by molar-refractivity contribution is 5.77. The first kappa shape index (κ1) is 18.3. The van der Waals surface area contributed by atoms with Crippen molar-refractivity contribution >= 4 is 11.6 Å². The number of aryl methyl sites for hydroxylation is 1. The van der Waals surface area contributed by atoms with Gasteiger partial charge in [0.2, 0.25) is 0 Å². The highest BCUT2D eigenvalue weighted by Gasteiger charge is 2.07. The number of non-ortho nitro benzene ring substituents is 1. The second kappa shape index (κ2) is 8.68. The van der Waals surface area contributed by atoms with E-state index < -0.39 is 4.92 Å². The monoisotopic (exact) mass is 344 g/mol. The molecule has 7 heteroatoms. The molecule has 0 atom stereocenters. The third-order valence-corrected chi connectivity index (χ3v) is 3.65. The number of nitro benzene ring substituents is 1. The van der Waals surface area contributed by atoms with Crippen LogP contribution in [0.15, 0.2) is 42.5 Å². The van der Waals surface area contributed by atoms with E-state index in [0.29, 0.717) is 18.9 Å². The van der Waals surface area contributed by atoms with E-state index in [1.165, 1.54) is 24.3 Å². The number of nitrogens with one attached hydrogen (secondary N) is 1. The van der Waals surface area contributed by atoms with Crippen LogP contribution in [-0.2, 0) is 4.79 Å². The summed E-state index contributed by atoms with van der Waals surface area (Å²) in [5.41, 5.74) is 2.20. The Hall–Kier alpha value is -3.09. The highest BCUT2D eigenvalue weighted by Crippen LogP contribution is 2.20. The van der Waals surface area contributed by atoms with Crippen LogP contribution < -0.4 is 14.8 Å². The fourth-order valence-electron chi connectivity index (χ4n) is 2.10. The second-order valence-corrected chi connectivity index (χ2v) is 5.44. The number of rotatable bonds is 8. The largest absolute Gasteiger partial charge is 0.491 e. The van der Waals surface area contributed by atoms with Gasteiger partial charge >= 0.3 is 0 Å². The maximum absolute atomic E-state index is 11.7. The van der Waals surface area contributed by atoms with Gasteiger partial charge in [-0.15, -0.1) is 0 Å². The lowest BCUT2D eigenvalue weighted by molar-refractivity contribution is -0.384. The molecule has 0 aliphatic heterocycles. The van der Waals surface area contributed by atoms with E-state index in [-0.39, 0.29) is 18.2 Å². The van der Waals surface area contributed by atoms with Crippen molar-refractivity contribution in [2.45, 2.75) is 13.8 Å². The molecule has 0 aliphatic carbocycles. The van der Waals surface area contributed by atoms with E-state index in [1.54, 1.807) is 0 Å². The van der Waals surface area contributed by atoms with Gasteiger partial charge in [-0.2, -0.15) is 0 Å². The molecular weight excluding hydrogens is 324 g/mol. The van der Waals surface area contributed by atoms with Crippen LogP contribution in [0.2, 0.25) is 0 Å². The Morgan fingerprint density at radius 3 is 2.52 bits per heavy atom. The van der Waals surface area contributed by atoms with Crippen LogP contribution in [0.1, 0.15) is 11.1 Å². The summed E-state index contributed by atoms with van der Waals surface area (Å²) in [6, 6.07) is 11.4. The number of amides is 1. The topological polar surface area (TPSA) is 90.7 Å². The molecule has 1 amide bonds. The number of carbonyl (C=O) groups is 1. The molecule has 0 radical (unpaired) electrons. The number of nitro groups is 1. The maximum atomic E-state index is 11.7. The fraction of sp³-hybridized carbons (Fsp3) is 0.278. The van der Waals surface area contributed by atoms with Gasteiger partial charge in [0.1, 0.15) is 18.1 Å². The lowest BCUT2D eigenvalue weighted by Crippen LogP contribution is -2.32. The third-order valence-electron chi connectivity index (χ3n) is 3.65. The van der Waals surface area contributed by atoms with Crippen LogP contribution in [-0.4, -0.2) is 30.6 Å². The minimum absolute atomic E-state index is 0.0274. The third kappa shape index (κ3) is 5.49. The number of benzene rings is 2. The second-order valence-electron chi connectivity index (χ2n) is 5.44. The van der Waals surface area contributed by atoms with Crippen molar-refractivity contribution < 1.29 is 19.2 Å². The molecule has 7 nitrogen and oxygen atoms in total. The predicted octanol–water partition coefficient (Wildman–Crippen LogP) is 2.79. The summed E-state index contributed by atoms with van der Waals surface area (Å²) < 4.78 is 10.9. The molecular formula is C18H20N2O5. The first-order valence-corrected chi connectivity index (χ1v) is 7.80. The summed E-state index contributed by atoms with van der Waals surface area (Å²) >= 11 is 0. The van der Waals surface area contributed by atoms with Crippen molar-refractivity contribution in [3.8, 4) is 11.5 Å². The van der Waals surface area contributed by atoms with E-state index >= 15 is 0 Å². The van der Waals surface area contributed by atoms with Gasteiger partial charge in [-0.3, -0.25) is 14.9 Å². The molecule has 0 aliphatic rings. The van der Waals surface area contributed by atoms with E-state index in [1.807, 2.05) is 32.0 Å². The van der Waals surface area contributed by atoms with Gasteiger partial charge in [0.05, 0.1) is 11.5 Å². The molecule has 0 heterocycles. The minimum Gasteiger partial charge on any atom is -0.491 e. The van der Waals surface area contributed by atoms with E-state index in [2.05, 4.69) is 5.32 Å². The van der Waals surface area contributed by atoms with Crippen LogP contribution in [0.5, 0.6) is 11.5 Å². The van der Waals surface area contributed by atoms with Crippen molar-refractivity contribution in [2.75, 3.05) is 19.8 Å². The number of carbonyl (C=O) groups excluding carboxylic acids is 1. The summed E-state index contributed by atoms with van der Waals surface area (Å²) in [6.45, 7) is 4.55. The molecule has 132 valence electrons. The summed E-state index contributed by atoms with van der Waals surface area (Å²) in [4.78, 5) is 21.8. The van der Waals surface area contributed by atoms with Crippen molar-refractivity contribution in [3.05, 3.63) is 63.7 Å². The quantitative estimate of drug-likeness (QED) is 0.452. The van der Waals surface area contributed by atoms with Gasteiger partial charge < -0.3 is 14.8 Å². The average molecular weight is 344 g/mol. The van der Waals surface area contributed by atoms with Crippen molar-refractivity contribution in [1.29, 1.82) is 0 Å². The lowest BCUT2D eigenvalue weighted by Gasteiger charge is -2.11. The number of ether oxygens (including phenoxy) is 2. The molecule has 0 fully saturated rings. The summed E-state index contributed by atoms with van der Waals surface area (Å²) in [5, 5.41) is 13.2. The lowest BCUT2D eigenvalue weighted by atomic mass is 10.1. The van der Waals surface area contributed by atoms with Crippen LogP contribution in [0, 0.1) is 24.0 Å². The molecule has 0 bridgehead atoms. The predicted molar refractivity (Wildman–Crippen MR) is 93.0 cm³/mol. The van der Waals surface area contributed by atoms with Gasteiger partial charge in [-0.25, -0.2) is 0 Å². The molecule has 0 saturated carbocycles. The Morgan fingerprint density at radius 2 is 1.84 bits per heavy atom. The first-order valence-electron chi connectivity index (χ1n) is 7.80. The van der Waals surface area contributed by atoms with Gasteiger partial charge in [0.15, 0.2) is 6.61 Å². The molecule has 2 aromatic rings. The number of hydrogen-bond acceptors (Lipinski definition) is 5. The standard InChI is InChI=1S/C18H20N2O5/c1-13-4-3-5-17(14(13)2)24-11-10-19-18(21)12-25-16-8-6-15(7-9-16)20(22)23/h3-9H,10-12H2,1-2H3,(H,19,21). The van der Waals surface area contributed by atoms with E-state index in [0.717, 1.165) is 16.9 Å². The SMILES string of the molecule is Cc1cccc(OCCNC(=O)COc2ccc([N+](=O)[O-])cc2)c1C. The van der Waals surface area contributed by atoms with Gasteiger partial charge in [-0.05, 0) is 43.2 Å². The minimum atomic E-state index is -0.494. The van der Waals surface area contributed by atoms with E-state index in [4.69, 9.17) is 9.47 Å². The molecule has 0 aromatic heterocycles. The Morgan fingerprint density at radius 1 is 1.12 bits per heavy atom. The number of nitrogens with zero attached hydrogens (tertiary/aromatic N) is 1. The van der Waals surface area contributed by atoms with E-state index in [9.17, 15) is 14.9 Å². The first-order chi connectivity index (χ1) is 12.0. The van der Waals surface area contributed by atoms with Crippen molar-refractivity contribution in [3.63, 3.8) is 0 Å². The van der Waals surface area contributed by atoms with Crippen LogP contribution >= 0.6 is 0 Å². The van der Waals surface area contributed by atoms with Crippen LogP contribution in [0.25, 0.3) is 0 Å². The van der Waals surface area contributed by atoms with Gasteiger partial charge in [0, 0.05) is 12.1 Å². The summed E-state index contributed by atoms with van der Waals surface area (Å²) in [5.74, 6) is 0.909. The average Bonchev–Trinajstić information content (AvgIpc) is 2.60. The zero-order valence-corrected chi connectivity index (χ0v) is 14.2. The summed E-state index contributed by atoms with van der Waals surface area (Å²) in [6.07, 6.45) is 0. The molecule has 1 N–H and O–H groups in total. The molecule has 2 aromatic carbocycles. The Kier molecular flexibility index (Phi) is 6.33. The maximum Gasteiger partial charge on any atom is 0.269 e. The fourth-order valence-corrected chi connectivity index (χ4v) is 2.10. The highest BCUT2D eigenvalue weighted by atomic mass is 16.6. The van der Waals surface area contributed by atoms with Crippen LogP contribution in [0.4, 0.5) is 5.69 Å². The van der Waals surface area contributed by atoms with Crippen molar-refractivity contribution in [1.82, 2.24) is 5.32 Å². The molecule has 0 spiro atoms. The zero-order valence-electron chi connectivity index (χ0n) is 14.2. The smallest absolute Gasteiger partial charge is 0.269 e. The molecule has 0 saturated heterocycles.